The third kappa shape index (κ3) is 5.52. The minimum Gasteiger partial charge on any atom is -0.380 e. The van der Waals surface area contributed by atoms with Crippen LogP contribution in [0, 0.1) is 0 Å². The molecule has 0 aliphatic rings. The Bertz CT molecular complexity index is 98.5. The molecule has 1 unspecified atom stereocenters. The van der Waals surface area contributed by atoms with E-state index in [1.54, 1.807) is 0 Å². The zero-order valence-corrected chi connectivity index (χ0v) is 8.55. The third-order valence-electron chi connectivity index (χ3n) is 2.03. The van der Waals surface area contributed by atoms with Crippen molar-refractivity contribution in [1.82, 2.24) is 4.90 Å². The average molecular weight is 174 g/mol. The Morgan fingerprint density at radius 3 is 2.58 bits per heavy atom. The summed E-state index contributed by atoms with van der Waals surface area (Å²) in [4.78, 5) is 2.22. The first-order chi connectivity index (χ1) is 5.72. The van der Waals surface area contributed by atoms with Gasteiger partial charge in [0.1, 0.15) is 0 Å². The van der Waals surface area contributed by atoms with Crippen molar-refractivity contribution in [2.75, 3.05) is 33.4 Å². The van der Waals surface area contributed by atoms with E-state index < -0.39 is 0 Å². The van der Waals surface area contributed by atoms with Gasteiger partial charge in [-0.05, 0) is 20.4 Å². The molecule has 0 heterocycles. The van der Waals surface area contributed by atoms with Crippen LogP contribution in [0.1, 0.15) is 20.3 Å². The van der Waals surface area contributed by atoms with Crippen LogP contribution < -0.4 is 5.73 Å². The van der Waals surface area contributed by atoms with Crippen LogP contribution in [0.25, 0.3) is 0 Å². The lowest BCUT2D eigenvalue weighted by Gasteiger charge is -2.22. The van der Waals surface area contributed by atoms with Gasteiger partial charge in [0.15, 0.2) is 0 Å². The summed E-state index contributed by atoms with van der Waals surface area (Å²) in [7, 11) is 2.08. The van der Waals surface area contributed by atoms with Gasteiger partial charge in [0.25, 0.3) is 0 Å². The van der Waals surface area contributed by atoms with Crippen LogP contribution in [0.4, 0.5) is 0 Å². The van der Waals surface area contributed by atoms with E-state index >= 15 is 0 Å². The summed E-state index contributed by atoms with van der Waals surface area (Å²) < 4.78 is 5.37. The molecule has 0 amide bonds. The van der Waals surface area contributed by atoms with E-state index in [-0.39, 0.29) is 0 Å². The predicted octanol–water partition coefficient (Wildman–Crippen LogP) is 0.692. The maximum Gasteiger partial charge on any atom is 0.0593 e. The van der Waals surface area contributed by atoms with Crippen molar-refractivity contribution in [3.05, 3.63) is 0 Å². The second-order valence-corrected chi connectivity index (χ2v) is 3.18. The largest absolute Gasteiger partial charge is 0.380 e. The van der Waals surface area contributed by atoms with Crippen molar-refractivity contribution < 1.29 is 4.74 Å². The van der Waals surface area contributed by atoms with Gasteiger partial charge in [-0.15, -0.1) is 0 Å². The maximum atomic E-state index is 5.52. The van der Waals surface area contributed by atoms with Crippen LogP contribution in [0.2, 0.25) is 0 Å². The second kappa shape index (κ2) is 7.53. The molecule has 0 aliphatic heterocycles. The highest BCUT2D eigenvalue weighted by molar-refractivity contribution is 4.62. The van der Waals surface area contributed by atoms with Crippen molar-refractivity contribution in [3.63, 3.8) is 0 Å². The van der Waals surface area contributed by atoms with E-state index in [0.29, 0.717) is 12.6 Å². The summed E-state index contributed by atoms with van der Waals surface area (Å²) in [5.41, 5.74) is 5.52. The number of hydrogen-bond donors (Lipinski definition) is 1. The molecule has 0 fully saturated rings. The van der Waals surface area contributed by atoms with Gasteiger partial charge in [-0.3, -0.25) is 0 Å². The monoisotopic (exact) mass is 174 g/mol. The zero-order chi connectivity index (χ0) is 9.40. The summed E-state index contributed by atoms with van der Waals surface area (Å²) in [6, 6.07) is 0.454. The smallest absolute Gasteiger partial charge is 0.0593 e. The van der Waals surface area contributed by atoms with Crippen LogP contribution in [0.15, 0.2) is 0 Å². The van der Waals surface area contributed by atoms with Gasteiger partial charge >= 0.3 is 0 Å². The Morgan fingerprint density at radius 2 is 2.08 bits per heavy atom. The molecule has 3 nitrogen and oxygen atoms in total. The van der Waals surface area contributed by atoms with Gasteiger partial charge in [-0.1, -0.05) is 6.92 Å². The molecule has 0 aromatic carbocycles. The summed E-state index contributed by atoms with van der Waals surface area (Å²) in [6.45, 7) is 7.61. The zero-order valence-electron chi connectivity index (χ0n) is 8.55. The molecule has 0 saturated heterocycles. The van der Waals surface area contributed by atoms with Crippen molar-refractivity contribution in [3.8, 4) is 0 Å². The lowest BCUT2D eigenvalue weighted by molar-refractivity contribution is 0.102. The molecule has 0 saturated carbocycles. The van der Waals surface area contributed by atoms with Crippen molar-refractivity contribution in [2.24, 2.45) is 5.73 Å². The summed E-state index contributed by atoms with van der Waals surface area (Å²) >= 11 is 0. The number of nitrogens with two attached hydrogens (primary N) is 1. The highest BCUT2D eigenvalue weighted by atomic mass is 16.5. The average Bonchev–Trinajstić information content (AvgIpc) is 2.10. The van der Waals surface area contributed by atoms with E-state index in [1.165, 1.54) is 0 Å². The van der Waals surface area contributed by atoms with Crippen LogP contribution in [-0.4, -0.2) is 44.3 Å². The van der Waals surface area contributed by atoms with E-state index in [4.69, 9.17) is 10.5 Å². The highest BCUT2D eigenvalue weighted by Gasteiger charge is 2.05. The van der Waals surface area contributed by atoms with E-state index in [9.17, 15) is 0 Å². The number of likely N-dealkylation sites (N-methyl/N-ethyl adjacent to an activating group) is 1. The molecule has 74 valence electrons. The van der Waals surface area contributed by atoms with Gasteiger partial charge in [0.2, 0.25) is 0 Å². The Labute approximate surface area is 75.9 Å². The topological polar surface area (TPSA) is 38.5 Å². The summed E-state index contributed by atoms with van der Waals surface area (Å²) in [5, 5.41) is 0. The van der Waals surface area contributed by atoms with Gasteiger partial charge in [0.05, 0.1) is 6.61 Å². The number of rotatable bonds is 7. The number of nitrogens with zero attached hydrogens (tertiary/aromatic N) is 1. The fourth-order valence-corrected chi connectivity index (χ4v) is 0.855. The van der Waals surface area contributed by atoms with Gasteiger partial charge in [0, 0.05) is 25.7 Å². The van der Waals surface area contributed by atoms with Gasteiger partial charge in [-0.2, -0.15) is 0 Å². The Hall–Kier alpha value is -0.120. The number of ether oxygens (including phenoxy) is 1. The lowest BCUT2D eigenvalue weighted by Crippen LogP contribution is -2.37. The fraction of sp³-hybridized carbons (Fsp3) is 1.00. The van der Waals surface area contributed by atoms with Crippen LogP contribution in [0.3, 0.4) is 0 Å². The molecular weight excluding hydrogens is 152 g/mol. The van der Waals surface area contributed by atoms with E-state index in [1.807, 2.05) is 0 Å². The molecule has 0 aliphatic carbocycles. The quantitative estimate of drug-likeness (QED) is 0.577. The third-order valence-corrected chi connectivity index (χ3v) is 2.03. The maximum absolute atomic E-state index is 5.52. The van der Waals surface area contributed by atoms with Crippen LogP contribution >= 0.6 is 0 Å². The van der Waals surface area contributed by atoms with Crippen molar-refractivity contribution in [1.29, 1.82) is 0 Å². The summed E-state index contributed by atoms with van der Waals surface area (Å²) in [6.07, 6.45) is 1.09. The molecule has 0 aromatic heterocycles. The SMILES string of the molecule is CCCOCCN(C)C(C)CN. The Morgan fingerprint density at radius 1 is 1.42 bits per heavy atom. The van der Waals surface area contributed by atoms with Crippen molar-refractivity contribution in [2.45, 2.75) is 26.3 Å². The standard InChI is InChI=1S/C9H22N2O/c1-4-6-12-7-5-11(3)9(2)8-10/h9H,4-8,10H2,1-3H3. The Kier molecular flexibility index (Phi) is 7.45. The molecular formula is C9H22N2O. The molecule has 0 rings (SSSR count). The minimum atomic E-state index is 0.454. The van der Waals surface area contributed by atoms with E-state index in [0.717, 1.165) is 26.2 Å². The molecule has 0 bridgehead atoms. The molecule has 0 spiro atoms. The first-order valence-corrected chi connectivity index (χ1v) is 4.70. The molecule has 0 radical (unpaired) electrons. The Balaban J connectivity index is 3.24. The predicted molar refractivity (Wildman–Crippen MR) is 52.3 cm³/mol. The summed E-state index contributed by atoms with van der Waals surface area (Å²) in [5.74, 6) is 0. The first kappa shape index (κ1) is 11.9. The van der Waals surface area contributed by atoms with Crippen molar-refractivity contribution >= 4 is 0 Å². The lowest BCUT2D eigenvalue weighted by atomic mass is 10.3. The molecule has 2 N–H and O–H groups in total. The van der Waals surface area contributed by atoms with Gasteiger partial charge in [-0.25, -0.2) is 0 Å². The second-order valence-electron chi connectivity index (χ2n) is 3.18. The van der Waals surface area contributed by atoms with Crippen LogP contribution in [0.5, 0.6) is 0 Å². The molecule has 3 heteroatoms. The molecule has 12 heavy (non-hydrogen) atoms. The van der Waals surface area contributed by atoms with Crippen LogP contribution in [-0.2, 0) is 4.74 Å². The fourth-order valence-electron chi connectivity index (χ4n) is 0.855. The van der Waals surface area contributed by atoms with Gasteiger partial charge < -0.3 is 15.4 Å². The highest BCUT2D eigenvalue weighted by Crippen LogP contribution is 1.92. The van der Waals surface area contributed by atoms with E-state index in [2.05, 4.69) is 25.8 Å². The molecule has 1 atom stereocenters. The molecule has 0 aromatic rings. The normalized spacial score (nSPS) is 13.8. The number of hydrogen-bond acceptors (Lipinski definition) is 3. The first-order valence-electron chi connectivity index (χ1n) is 4.70. The minimum absolute atomic E-state index is 0.454.